The van der Waals surface area contributed by atoms with E-state index >= 15 is 0 Å². The summed E-state index contributed by atoms with van der Waals surface area (Å²) in [6.45, 7) is 10.6. The number of hydrogen-bond acceptors (Lipinski definition) is 5. The molecule has 1 amide bonds. The van der Waals surface area contributed by atoms with Crippen molar-refractivity contribution in [3.05, 3.63) is 71.7 Å². The normalized spacial score (nSPS) is 20.0. The molecule has 2 aromatic rings. The molecule has 1 aliphatic heterocycles. The first kappa shape index (κ1) is 26.3. The lowest BCUT2D eigenvalue weighted by Gasteiger charge is -2.47. The second-order valence-corrected chi connectivity index (χ2v) is 11.4. The van der Waals surface area contributed by atoms with Crippen LogP contribution in [0.2, 0.25) is 0 Å². The van der Waals surface area contributed by atoms with E-state index in [1.807, 2.05) is 6.20 Å². The molecule has 194 valence electrons. The number of aromatic nitrogens is 1. The van der Waals surface area contributed by atoms with Crippen molar-refractivity contribution in [3.63, 3.8) is 0 Å². The maximum absolute atomic E-state index is 14.1. The standard InChI is InChI=1S/C29H38FN3O3/c1-5-9-23(33-26(35)20-10-6-7-11-22(20)30)25(34)18-31-24-16-29(12-8-13-29)36-27-21(24)14-19(17-32-27)15-28(2,3)4/h5-7,10-11,14,17,23-25,31,34H,1,8-9,12-13,15-16,18H2,2-4H3,(H,33,35)/t23-,24-,25+/m0/s1. The van der Waals surface area contributed by atoms with Crippen LogP contribution in [-0.2, 0) is 6.42 Å². The van der Waals surface area contributed by atoms with Gasteiger partial charge in [0.25, 0.3) is 5.91 Å². The molecule has 1 saturated carbocycles. The molecule has 0 bridgehead atoms. The van der Waals surface area contributed by atoms with Gasteiger partial charge in [-0.25, -0.2) is 9.37 Å². The molecular formula is C29H38FN3O3. The number of halogens is 1. The molecule has 1 aromatic heterocycles. The third-order valence-corrected chi connectivity index (χ3v) is 7.09. The van der Waals surface area contributed by atoms with Gasteiger partial charge in [0.2, 0.25) is 5.88 Å². The first-order chi connectivity index (χ1) is 17.1. The van der Waals surface area contributed by atoms with Crippen LogP contribution in [0.4, 0.5) is 4.39 Å². The summed E-state index contributed by atoms with van der Waals surface area (Å²) < 4.78 is 20.4. The Labute approximate surface area is 213 Å². The Morgan fingerprint density at radius 1 is 1.36 bits per heavy atom. The fourth-order valence-electron chi connectivity index (χ4n) is 5.14. The number of carbonyl (C=O) groups is 1. The van der Waals surface area contributed by atoms with Gasteiger partial charge in [0.05, 0.1) is 17.7 Å². The number of amides is 1. The molecule has 36 heavy (non-hydrogen) atoms. The molecule has 0 radical (unpaired) electrons. The number of nitrogens with zero attached hydrogens (tertiary/aromatic N) is 1. The Morgan fingerprint density at radius 3 is 2.75 bits per heavy atom. The van der Waals surface area contributed by atoms with Gasteiger partial charge in [-0.15, -0.1) is 6.58 Å². The minimum Gasteiger partial charge on any atom is -0.471 e. The van der Waals surface area contributed by atoms with Crippen molar-refractivity contribution in [2.45, 2.75) is 83.1 Å². The van der Waals surface area contributed by atoms with Crippen LogP contribution in [0.25, 0.3) is 0 Å². The van der Waals surface area contributed by atoms with Crippen molar-refractivity contribution in [1.29, 1.82) is 0 Å². The topological polar surface area (TPSA) is 83.5 Å². The van der Waals surface area contributed by atoms with Gasteiger partial charge >= 0.3 is 0 Å². The molecule has 1 aromatic carbocycles. The smallest absolute Gasteiger partial charge is 0.254 e. The SMILES string of the molecule is C=CC[C@H](NC(=O)c1ccccc1F)[C@H](O)CN[C@H]1CC2(CCC2)Oc2ncc(CC(C)(C)C)cc21. The Kier molecular flexibility index (Phi) is 7.81. The number of fused-ring (bicyclic) bond motifs is 1. The number of nitrogens with one attached hydrogen (secondary N) is 2. The summed E-state index contributed by atoms with van der Waals surface area (Å²) in [5.41, 5.74) is 2.05. The van der Waals surface area contributed by atoms with Gasteiger partial charge in [-0.3, -0.25) is 4.79 Å². The van der Waals surface area contributed by atoms with E-state index in [1.54, 1.807) is 12.1 Å². The fraction of sp³-hybridized carbons (Fsp3) is 0.517. The first-order valence-corrected chi connectivity index (χ1v) is 12.8. The van der Waals surface area contributed by atoms with Crippen molar-refractivity contribution in [3.8, 4) is 5.88 Å². The highest BCUT2D eigenvalue weighted by Crippen LogP contribution is 2.48. The maximum atomic E-state index is 14.1. The van der Waals surface area contributed by atoms with Gasteiger partial charge in [0, 0.05) is 30.8 Å². The van der Waals surface area contributed by atoms with Crippen LogP contribution in [0.3, 0.4) is 0 Å². The summed E-state index contributed by atoms with van der Waals surface area (Å²) in [4.78, 5) is 17.3. The van der Waals surface area contributed by atoms with Crippen LogP contribution in [-0.4, -0.2) is 40.3 Å². The molecular weight excluding hydrogens is 457 g/mol. The lowest BCUT2D eigenvalue weighted by Crippen LogP contribution is -2.52. The van der Waals surface area contributed by atoms with E-state index in [2.05, 4.69) is 49.0 Å². The van der Waals surface area contributed by atoms with Crippen molar-refractivity contribution in [2.75, 3.05) is 6.54 Å². The van der Waals surface area contributed by atoms with Crippen LogP contribution >= 0.6 is 0 Å². The minimum absolute atomic E-state index is 0.0252. The summed E-state index contributed by atoms with van der Waals surface area (Å²) in [5.74, 6) is -0.482. The average Bonchev–Trinajstić information content (AvgIpc) is 2.80. The molecule has 7 heteroatoms. The van der Waals surface area contributed by atoms with Crippen molar-refractivity contribution < 1.29 is 19.0 Å². The number of ether oxygens (including phenoxy) is 1. The van der Waals surface area contributed by atoms with Gasteiger partial charge < -0.3 is 20.5 Å². The van der Waals surface area contributed by atoms with E-state index in [0.717, 1.165) is 43.2 Å². The highest BCUT2D eigenvalue weighted by atomic mass is 19.1. The molecule has 0 unspecified atom stereocenters. The predicted molar refractivity (Wildman–Crippen MR) is 138 cm³/mol. The number of pyridine rings is 1. The summed E-state index contributed by atoms with van der Waals surface area (Å²) >= 11 is 0. The number of hydrogen-bond donors (Lipinski definition) is 3. The fourth-order valence-corrected chi connectivity index (χ4v) is 5.14. The number of aliphatic hydroxyl groups excluding tert-OH is 1. The zero-order valence-electron chi connectivity index (χ0n) is 21.5. The quantitative estimate of drug-likeness (QED) is 0.432. The van der Waals surface area contributed by atoms with Gasteiger partial charge in [-0.1, -0.05) is 39.0 Å². The zero-order chi connectivity index (χ0) is 25.9. The lowest BCUT2D eigenvalue weighted by molar-refractivity contribution is -0.0420. The molecule has 3 atom stereocenters. The van der Waals surface area contributed by atoms with E-state index in [9.17, 15) is 14.3 Å². The van der Waals surface area contributed by atoms with Crippen LogP contribution in [0, 0.1) is 11.2 Å². The number of carbonyl (C=O) groups excluding carboxylic acids is 1. The number of benzene rings is 1. The first-order valence-electron chi connectivity index (χ1n) is 12.8. The Hall–Kier alpha value is -2.77. The minimum atomic E-state index is -0.895. The van der Waals surface area contributed by atoms with Crippen LogP contribution in [0.15, 0.2) is 49.2 Å². The molecule has 1 spiro atoms. The molecule has 6 nitrogen and oxygen atoms in total. The molecule has 4 rings (SSSR count). The van der Waals surface area contributed by atoms with E-state index in [0.29, 0.717) is 12.3 Å². The second kappa shape index (κ2) is 10.7. The third-order valence-electron chi connectivity index (χ3n) is 7.09. The Morgan fingerprint density at radius 2 is 2.11 bits per heavy atom. The van der Waals surface area contributed by atoms with Crippen molar-refractivity contribution in [2.24, 2.45) is 5.41 Å². The van der Waals surface area contributed by atoms with Gasteiger partial charge in [-0.05, 0) is 61.3 Å². The van der Waals surface area contributed by atoms with Crippen LogP contribution in [0.1, 0.15) is 80.4 Å². The molecule has 2 aliphatic rings. The zero-order valence-corrected chi connectivity index (χ0v) is 21.5. The Balaban J connectivity index is 1.48. The second-order valence-electron chi connectivity index (χ2n) is 11.4. The summed E-state index contributed by atoms with van der Waals surface area (Å²) in [6.07, 6.45) is 7.85. The van der Waals surface area contributed by atoms with E-state index < -0.39 is 23.9 Å². The Bertz CT molecular complexity index is 1090. The van der Waals surface area contributed by atoms with Gasteiger partial charge in [-0.2, -0.15) is 0 Å². The molecule has 3 N–H and O–H groups in total. The van der Waals surface area contributed by atoms with E-state index in [4.69, 9.17) is 4.74 Å². The highest BCUT2D eigenvalue weighted by Gasteiger charge is 2.46. The van der Waals surface area contributed by atoms with Crippen LogP contribution in [0.5, 0.6) is 5.88 Å². The van der Waals surface area contributed by atoms with Crippen molar-refractivity contribution in [1.82, 2.24) is 15.6 Å². The molecule has 1 aliphatic carbocycles. The van der Waals surface area contributed by atoms with Gasteiger partial charge in [0.15, 0.2) is 0 Å². The van der Waals surface area contributed by atoms with Crippen molar-refractivity contribution >= 4 is 5.91 Å². The largest absolute Gasteiger partial charge is 0.471 e. The molecule has 2 heterocycles. The highest BCUT2D eigenvalue weighted by molar-refractivity contribution is 5.94. The summed E-state index contributed by atoms with van der Waals surface area (Å²) in [6, 6.07) is 7.36. The monoisotopic (exact) mass is 495 g/mol. The number of rotatable bonds is 9. The molecule has 1 fully saturated rings. The molecule has 0 saturated heterocycles. The van der Waals surface area contributed by atoms with E-state index in [1.165, 1.54) is 18.2 Å². The van der Waals surface area contributed by atoms with Crippen LogP contribution < -0.4 is 15.4 Å². The van der Waals surface area contributed by atoms with Gasteiger partial charge in [0.1, 0.15) is 11.4 Å². The van der Waals surface area contributed by atoms with E-state index in [-0.39, 0.29) is 29.2 Å². The predicted octanol–water partition coefficient (Wildman–Crippen LogP) is 4.88. The number of aliphatic hydroxyl groups is 1. The average molecular weight is 496 g/mol. The lowest BCUT2D eigenvalue weighted by atomic mass is 9.73. The summed E-state index contributed by atoms with van der Waals surface area (Å²) in [5, 5.41) is 17.3. The maximum Gasteiger partial charge on any atom is 0.254 e. The third kappa shape index (κ3) is 6.13. The summed E-state index contributed by atoms with van der Waals surface area (Å²) in [7, 11) is 0.